The van der Waals surface area contributed by atoms with Gasteiger partial charge in [-0.3, -0.25) is 0 Å². The number of hydrogen-bond donors (Lipinski definition) is 0. The molecule has 0 amide bonds. The summed E-state index contributed by atoms with van der Waals surface area (Å²) in [6, 6.07) is 9.13. The second-order valence-electron chi connectivity index (χ2n) is 4.60. The summed E-state index contributed by atoms with van der Waals surface area (Å²) >= 11 is -2.65. The Hall–Kier alpha value is -0.571. The van der Waals surface area contributed by atoms with Crippen LogP contribution in [0.5, 0.6) is 0 Å². The van der Waals surface area contributed by atoms with Gasteiger partial charge in [0.2, 0.25) is 0 Å². The van der Waals surface area contributed by atoms with Gasteiger partial charge in [-0.2, -0.15) is 0 Å². The molecule has 1 rings (SSSR count). The molecular weight excluding hydrogens is 366 g/mol. The molecule has 0 heterocycles. The van der Waals surface area contributed by atoms with E-state index in [4.69, 9.17) is 9.05 Å². The van der Waals surface area contributed by atoms with Gasteiger partial charge in [-0.05, 0) is 0 Å². The summed E-state index contributed by atoms with van der Waals surface area (Å²) in [4.78, 5) is 0. The molecule has 0 bridgehead atoms. The van der Waals surface area contributed by atoms with E-state index in [2.05, 4.69) is 6.92 Å². The molecule has 0 saturated heterocycles. The van der Waals surface area contributed by atoms with Crippen molar-refractivity contribution in [2.24, 2.45) is 0 Å². The normalized spacial score (nSPS) is 14.0. The SMILES string of the molecule is CCCC/C=C(/[Se](=O)c1ccccc1)P(=O)(OCC)OCC. The van der Waals surface area contributed by atoms with Gasteiger partial charge in [0.1, 0.15) is 0 Å². The molecule has 0 aromatic heterocycles. The Labute approximate surface area is 137 Å². The van der Waals surface area contributed by atoms with Crippen molar-refractivity contribution in [1.29, 1.82) is 0 Å². The maximum atomic E-state index is 13.0. The van der Waals surface area contributed by atoms with Crippen LogP contribution in [0, 0.1) is 0 Å². The first kappa shape index (κ1) is 19.5. The van der Waals surface area contributed by atoms with Gasteiger partial charge >= 0.3 is 137 Å². The van der Waals surface area contributed by atoms with Crippen LogP contribution in [-0.2, 0) is 17.4 Å². The van der Waals surface area contributed by atoms with E-state index in [9.17, 15) is 8.40 Å². The summed E-state index contributed by atoms with van der Waals surface area (Å²) in [5.41, 5.74) is 0. The zero-order valence-electron chi connectivity index (χ0n) is 13.5. The van der Waals surface area contributed by atoms with E-state index in [1.807, 2.05) is 18.2 Å². The average molecular weight is 391 g/mol. The Morgan fingerprint density at radius 2 is 1.73 bits per heavy atom. The quantitative estimate of drug-likeness (QED) is 0.341. The van der Waals surface area contributed by atoms with E-state index in [0.29, 0.717) is 8.67 Å². The van der Waals surface area contributed by atoms with E-state index in [0.717, 1.165) is 19.3 Å². The molecule has 0 saturated carbocycles. The molecule has 0 spiro atoms. The van der Waals surface area contributed by atoms with Crippen LogP contribution in [0.15, 0.2) is 40.6 Å². The number of hydrogen-bond acceptors (Lipinski definition) is 4. The number of allylic oxidation sites excluding steroid dienone is 1. The molecule has 0 aliphatic heterocycles. The van der Waals surface area contributed by atoms with Crippen molar-refractivity contribution >= 4 is 25.9 Å². The molecule has 4 nitrogen and oxygen atoms in total. The van der Waals surface area contributed by atoms with E-state index in [1.54, 1.807) is 32.1 Å². The molecular formula is C16H25O4PSe. The summed E-state index contributed by atoms with van der Waals surface area (Å²) in [5, 5.41) is 0. The molecule has 1 aromatic rings. The molecule has 0 aliphatic rings. The van der Waals surface area contributed by atoms with Gasteiger partial charge in [0.25, 0.3) is 0 Å². The van der Waals surface area contributed by atoms with Crippen LogP contribution in [0.4, 0.5) is 0 Å². The van der Waals surface area contributed by atoms with Gasteiger partial charge in [-0.15, -0.1) is 0 Å². The van der Waals surface area contributed by atoms with Gasteiger partial charge in [-0.1, -0.05) is 0 Å². The van der Waals surface area contributed by atoms with Crippen molar-refractivity contribution in [1.82, 2.24) is 0 Å². The average Bonchev–Trinajstić information content (AvgIpc) is 2.52. The second-order valence-corrected chi connectivity index (χ2v) is 10.3. The van der Waals surface area contributed by atoms with Crippen LogP contribution in [0.25, 0.3) is 0 Å². The first-order valence-electron chi connectivity index (χ1n) is 7.65. The van der Waals surface area contributed by atoms with Crippen LogP contribution in [-0.4, -0.2) is 27.0 Å². The first-order chi connectivity index (χ1) is 10.6. The molecule has 6 heteroatoms. The molecule has 1 atom stereocenters. The summed E-state index contributed by atoms with van der Waals surface area (Å²) in [6.45, 7) is 6.13. The zero-order valence-corrected chi connectivity index (χ0v) is 16.1. The zero-order chi connectivity index (χ0) is 16.4. The third-order valence-corrected chi connectivity index (χ3v) is 9.70. The molecule has 0 fully saturated rings. The molecule has 124 valence electrons. The van der Waals surface area contributed by atoms with Crippen molar-refractivity contribution in [3.63, 3.8) is 0 Å². The maximum absolute atomic E-state index is 13.0. The molecule has 1 unspecified atom stereocenters. The van der Waals surface area contributed by atoms with Crippen molar-refractivity contribution in [2.75, 3.05) is 13.2 Å². The van der Waals surface area contributed by atoms with E-state index >= 15 is 0 Å². The number of unbranched alkanes of at least 4 members (excludes halogenated alkanes) is 2. The van der Waals surface area contributed by atoms with Crippen LogP contribution >= 0.6 is 7.60 Å². The van der Waals surface area contributed by atoms with Crippen LogP contribution < -0.4 is 4.46 Å². The summed E-state index contributed by atoms with van der Waals surface area (Å²) < 4.78 is 37.8. The van der Waals surface area contributed by atoms with Crippen LogP contribution in [0.1, 0.15) is 40.0 Å². The summed E-state index contributed by atoms with van der Waals surface area (Å²) in [7, 11) is -3.49. The predicted octanol–water partition coefficient (Wildman–Crippen LogP) is 4.20. The van der Waals surface area contributed by atoms with Gasteiger partial charge < -0.3 is 0 Å². The fourth-order valence-electron chi connectivity index (χ4n) is 1.89. The fraction of sp³-hybridized carbons (Fsp3) is 0.500. The number of rotatable bonds is 10. The third-order valence-electron chi connectivity index (χ3n) is 2.89. The standard InChI is InChI=1S/C16H25O4PSe/c1-4-7-9-14-16(21(17,19-5-2)20-6-3)22(18)15-12-10-8-11-13-15/h8,10-14H,4-7,9H2,1-3H3/b16-14+. The predicted molar refractivity (Wildman–Crippen MR) is 91.0 cm³/mol. The van der Waals surface area contributed by atoms with Crippen molar-refractivity contribution < 1.29 is 17.4 Å². The second kappa shape index (κ2) is 10.3. The van der Waals surface area contributed by atoms with Gasteiger partial charge in [0, 0.05) is 0 Å². The molecule has 1 aromatic carbocycles. The summed E-state index contributed by atoms with van der Waals surface area (Å²) in [5.74, 6) is 0. The Balaban J connectivity index is 3.19. The topological polar surface area (TPSA) is 52.6 Å². The Morgan fingerprint density at radius 1 is 1.14 bits per heavy atom. The van der Waals surface area contributed by atoms with Gasteiger partial charge in [-0.25, -0.2) is 0 Å². The summed E-state index contributed by atoms with van der Waals surface area (Å²) in [6.07, 6.45) is 4.51. The van der Waals surface area contributed by atoms with E-state index in [1.165, 1.54) is 0 Å². The fourth-order valence-corrected chi connectivity index (χ4v) is 7.86. The van der Waals surface area contributed by atoms with Gasteiger partial charge in [0.05, 0.1) is 0 Å². The monoisotopic (exact) mass is 392 g/mol. The third kappa shape index (κ3) is 5.57. The van der Waals surface area contributed by atoms with E-state index in [-0.39, 0.29) is 13.2 Å². The van der Waals surface area contributed by atoms with Crippen molar-refractivity contribution in [2.45, 2.75) is 40.0 Å². The first-order valence-corrected chi connectivity index (χ1v) is 11.6. The van der Waals surface area contributed by atoms with E-state index < -0.39 is 21.4 Å². The molecule has 0 N–H and O–H groups in total. The minimum atomic E-state index is -3.49. The Bertz CT molecular complexity index is 532. The van der Waals surface area contributed by atoms with Crippen molar-refractivity contribution in [3.05, 3.63) is 40.6 Å². The van der Waals surface area contributed by atoms with Crippen LogP contribution in [0.3, 0.4) is 0 Å². The van der Waals surface area contributed by atoms with Crippen LogP contribution in [0.2, 0.25) is 0 Å². The molecule has 0 radical (unpaired) electrons. The Kier molecular flexibility index (Phi) is 9.07. The minimum absolute atomic E-state index is 0.260. The van der Waals surface area contributed by atoms with Gasteiger partial charge in [0.15, 0.2) is 0 Å². The number of benzene rings is 1. The van der Waals surface area contributed by atoms with Crippen molar-refractivity contribution in [3.8, 4) is 0 Å². The Morgan fingerprint density at radius 3 is 2.23 bits per heavy atom. The molecule has 22 heavy (non-hydrogen) atoms. The molecule has 0 aliphatic carbocycles.